The molecular weight excluding hydrogens is 608 g/mol. The summed E-state index contributed by atoms with van der Waals surface area (Å²) in [6, 6.07) is 4.09. The van der Waals surface area contributed by atoms with Gasteiger partial charge in [0.05, 0.1) is 5.41 Å². The molecule has 0 bridgehead atoms. The van der Waals surface area contributed by atoms with Gasteiger partial charge in [0.1, 0.15) is 18.7 Å². The smallest absolute Gasteiger partial charge is 0.312 e. The lowest BCUT2D eigenvalue weighted by molar-refractivity contribution is -0.155. The van der Waals surface area contributed by atoms with Crippen molar-refractivity contribution in [3.8, 4) is 0 Å². The molecule has 2 atom stereocenters. The largest absolute Gasteiger partial charge is 0.460 e. The summed E-state index contributed by atoms with van der Waals surface area (Å²) in [5.74, 6) is -2.82. The fraction of sp³-hybridized carbons (Fsp3) is 0.545. The number of nitrogens with one attached hydrogen (secondary N) is 4. The molecular formula is C33H48N6O8. The maximum atomic E-state index is 13.3. The average Bonchev–Trinajstić information content (AvgIpc) is 3.34. The van der Waals surface area contributed by atoms with E-state index in [1.165, 1.54) is 12.2 Å². The van der Waals surface area contributed by atoms with E-state index in [1.54, 1.807) is 38.1 Å². The van der Waals surface area contributed by atoms with Gasteiger partial charge in [-0.3, -0.25) is 33.7 Å². The van der Waals surface area contributed by atoms with Gasteiger partial charge in [-0.25, -0.2) is 4.79 Å². The highest BCUT2D eigenvalue weighted by Gasteiger charge is 2.30. The van der Waals surface area contributed by atoms with E-state index in [1.807, 2.05) is 20.8 Å². The number of hydrogen-bond acceptors (Lipinski definition) is 8. The molecule has 1 aromatic rings. The van der Waals surface area contributed by atoms with Crippen molar-refractivity contribution in [2.24, 2.45) is 17.1 Å². The minimum absolute atomic E-state index is 0.0778. The van der Waals surface area contributed by atoms with Gasteiger partial charge in [0.2, 0.25) is 17.7 Å². The summed E-state index contributed by atoms with van der Waals surface area (Å²) in [7, 11) is 0. The Bertz CT molecular complexity index is 1310. The highest BCUT2D eigenvalue weighted by molar-refractivity contribution is 6.12. The van der Waals surface area contributed by atoms with E-state index in [-0.39, 0.29) is 62.1 Å². The third kappa shape index (κ3) is 12.9. The number of imide groups is 1. The highest BCUT2D eigenvalue weighted by Crippen LogP contribution is 2.22. The topological polar surface area (TPSA) is 206 Å². The number of benzene rings is 1. The number of esters is 1. The van der Waals surface area contributed by atoms with Crippen LogP contribution in [0.2, 0.25) is 0 Å². The molecule has 0 fully saturated rings. The molecule has 0 saturated heterocycles. The predicted molar refractivity (Wildman–Crippen MR) is 174 cm³/mol. The lowest BCUT2D eigenvalue weighted by Crippen LogP contribution is -2.54. The first-order chi connectivity index (χ1) is 22.1. The molecule has 1 unspecified atom stereocenters. The first-order valence-corrected chi connectivity index (χ1v) is 15.9. The fourth-order valence-corrected chi connectivity index (χ4v) is 4.44. The second kappa shape index (κ2) is 18.4. The van der Waals surface area contributed by atoms with Gasteiger partial charge in [0, 0.05) is 37.3 Å². The molecule has 1 aliphatic heterocycles. The molecule has 1 heterocycles. The van der Waals surface area contributed by atoms with Crippen LogP contribution in [0, 0.1) is 11.3 Å². The van der Waals surface area contributed by atoms with Crippen LogP contribution in [-0.4, -0.2) is 71.6 Å². The molecule has 258 valence electrons. The highest BCUT2D eigenvalue weighted by atomic mass is 16.5. The average molecular weight is 657 g/mol. The van der Waals surface area contributed by atoms with Gasteiger partial charge in [-0.05, 0) is 69.6 Å². The number of rotatable bonds is 19. The van der Waals surface area contributed by atoms with E-state index >= 15 is 0 Å². The van der Waals surface area contributed by atoms with Gasteiger partial charge in [0.15, 0.2) is 0 Å². The first kappa shape index (κ1) is 38.4. The van der Waals surface area contributed by atoms with Crippen LogP contribution in [0.25, 0.3) is 0 Å². The van der Waals surface area contributed by atoms with Crippen molar-refractivity contribution in [1.82, 2.24) is 20.9 Å². The van der Waals surface area contributed by atoms with Crippen molar-refractivity contribution >= 4 is 47.2 Å². The minimum atomic E-state index is -1.00. The van der Waals surface area contributed by atoms with Crippen LogP contribution in [-0.2, 0) is 40.1 Å². The van der Waals surface area contributed by atoms with Crippen molar-refractivity contribution < 1.29 is 38.3 Å². The Morgan fingerprint density at radius 2 is 1.55 bits per heavy atom. The molecule has 2 rings (SSSR count). The van der Waals surface area contributed by atoms with Crippen LogP contribution in [0.5, 0.6) is 0 Å². The number of nitrogens with two attached hydrogens (primary N) is 1. The zero-order chi connectivity index (χ0) is 35.1. The van der Waals surface area contributed by atoms with Gasteiger partial charge in [0.25, 0.3) is 11.8 Å². The van der Waals surface area contributed by atoms with Gasteiger partial charge in [-0.15, -0.1) is 0 Å². The number of amides is 7. The molecule has 47 heavy (non-hydrogen) atoms. The second-order valence-corrected chi connectivity index (χ2v) is 12.4. The Morgan fingerprint density at radius 1 is 0.915 bits per heavy atom. The summed E-state index contributed by atoms with van der Waals surface area (Å²) >= 11 is 0. The van der Waals surface area contributed by atoms with E-state index in [9.17, 15) is 33.6 Å². The summed E-state index contributed by atoms with van der Waals surface area (Å²) in [6.07, 6.45) is 4.44. The molecule has 1 aromatic carbocycles. The van der Waals surface area contributed by atoms with Crippen LogP contribution in [0.1, 0.15) is 78.7 Å². The van der Waals surface area contributed by atoms with E-state index in [2.05, 4.69) is 21.3 Å². The van der Waals surface area contributed by atoms with Crippen molar-refractivity contribution in [1.29, 1.82) is 0 Å². The summed E-state index contributed by atoms with van der Waals surface area (Å²) in [5.41, 5.74) is 5.73. The zero-order valence-corrected chi connectivity index (χ0v) is 27.9. The van der Waals surface area contributed by atoms with Crippen LogP contribution in [0.4, 0.5) is 10.5 Å². The lowest BCUT2D eigenvalue weighted by atomic mass is 9.91. The third-order valence-corrected chi connectivity index (χ3v) is 7.83. The second-order valence-electron chi connectivity index (χ2n) is 12.4. The SMILES string of the molecule is CCC(C)(C)C(=O)OCc1ccc(NC(=O)[C@H](CCCNC(N)=O)NC(=O)C(NC(=O)CCCCN2C(=O)C=CC2=O)C(C)C)cc1. The maximum Gasteiger partial charge on any atom is 0.312 e. The number of carbonyl (C=O) groups excluding carboxylic acids is 7. The Labute approximate surface area is 275 Å². The molecule has 0 aliphatic carbocycles. The fourth-order valence-electron chi connectivity index (χ4n) is 4.44. The lowest BCUT2D eigenvalue weighted by Gasteiger charge is -2.25. The normalized spacial score (nSPS) is 14.0. The first-order valence-electron chi connectivity index (χ1n) is 15.9. The summed E-state index contributed by atoms with van der Waals surface area (Å²) < 4.78 is 5.41. The van der Waals surface area contributed by atoms with Crippen LogP contribution >= 0.6 is 0 Å². The molecule has 6 N–H and O–H groups in total. The number of ether oxygens (including phenoxy) is 1. The molecule has 0 radical (unpaired) electrons. The molecule has 14 heteroatoms. The standard InChI is InChI=1S/C33H48N6O8/c1-6-33(4,5)31(45)47-20-22-12-14-23(15-13-22)36-29(43)24(10-9-18-35-32(34)46)37-30(44)28(21(2)3)38-25(40)11-7-8-19-39-26(41)16-17-27(39)42/h12-17,21,24,28H,6-11,18-20H2,1-5H3,(H,36,43)(H,37,44)(H,38,40)(H3,34,35,46)/t24-,28?/m0/s1. The van der Waals surface area contributed by atoms with Gasteiger partial charge in [-0.1, -0.05) is 32.9 Å². The van der Waals surface area contributed by atoms with Crippen LogP contribution < -0.4 is 27.0 Å². The number of primary amides is 1. The Balaban J connectivity index is 1.99. The van der Waals surface area contributed by atoms with Gasteiger partial charge >= 0.3 is 12.0 Å². The molecule has 14 nitrogen and oxygen atoms in total. The van der Waals surface area contributed by atoms with E-state index < -0.39 is 35.3 Å². The summed E-state index contributed by atoms with van der Waals surface area (Å²) in [6.45, 7) is 9.53. The van der Waals surface area contributed by atoms with Crippen molar-refractivity contribution in [3.63, 3.8) is 0 Å². The Kier molecular flexibility index (Phi) is 15.1. The van der Waals surface area contributed by atoms with Crippen LogP contribution in [0.15, 0.2) is 36.4 Å². The molecule has 0 aromatic heterocycles. The van der Waals surface area contributed by atoms with Crippen LogP contribution in [0.3, 0.4) is 0 Å². The Hall–Kier alpha value is -4.75. The number of anilines is 1. The van der Waals surface area contributed by atoms with Crippen molar-refractivity contribution in [3.05, 3.63) is 42.0 Å². The summed E-state index contributed by atoms with van der Waals surface area (Å²) in [4.78, 5) is 87.2. The van der Waals surface area contributed by atoms with Gasteiger partial charge < -0.3 is 31.7 Å². The van der Waals surface area contributed by atoms with E-state index in [0.717, 1.165) is 10.5 Å². The van der Waals surface area contributed by atoms with E-state index in [4.69, 9.17) is 10.5 Å². The third-order valence-electron chi connectivity index (χ3n) is 7.83. The predicted octanol–water partition coefficient (Wildman–Crippen LogP) is 2.27. The number of carbonyl (C=O) groups is 7. The number of hydrogen-bond donors (Lipinski definition) is 5. The van der Waals surface area contributed by atoms with Crippen molar-refractivity contribution in [2.45, 2.75) is 91.8 Å². The quantitative estimate of drug-likeness (QED) is 0.0846. The number of unbranched alkanes of at least 4 members (excludes halogenated alkanes) is 1. The maximum absolute atomic E-state index is 13.3. The molecule has 0 spiro atoms. The number of urea groups is 1. The minimum Gasteiger partial charge on any atom is -0.460 e. The molecule has 7 amide bonds. The zero-order valence-electron chi connectivity index (χ0n) is 27.9. The van der Waals surface area contributed by atoms with Crippen molar-refractivity contribution in [2.75, 3.05) is 18.4 Å². The number of nitrogens with zero attached hydrogens (tertiary/aromatic N) is 1. The molecule has 1 aliphatic rings. The Morgan fingerprint density at radius 3 is 2.13 bits per heavy atom. The van der Waals surface area contributed by atoms with E-state index in [0.29, 0.717) is 31.4 Å². The van der Waals surface area contributed by atoms with Gasteiger partial charge in [-0.2, -0.15) is 0 Å². The monoisotopic (exact) mass is 656 g/mol. The summed E-state index contributed by atoms with van der Waals surface area (Å²) in [5, 5.41) is 10.7. The molecule has 0 saturated carbocycles.